The minimum absolute atomic E-state index is 0.0949. The van der Waals surface area contributed by atoms with Crippen LogP contribution in [0.15, 0.2) is 42.5 Å². The molecule has 3 nitrogen and oxygen atoms in total. The van der Waals surface area contributed by atoms with Gasteiger partial charge in [0.1, 0.15) is 0 Å². The first-order valence-corrected chi connectivity index (χ1v) is 10.5. The van der Waals surface area contributed by atoms with E-state index in [-0.39, 0.29) is 31.4 Å². The van der Waals surface area contributed by atoms with Crippen LogP contribution in [0, 0.1) is 5.92 Å². The molecule has 1 aliphatic rings. The molecule has 0 bridgehead atoms. The van der Waals surface area contributed by atoms with Gasteiger partial charge in [0.15, 0.2) is 0 Å². The van der Waals surface area contributed by atoms with Crippen LogP contribution in [-0.4, -0.2) is 22.5 Å². The minimum atomic E-state index is -4.99. The van der Waals surface area contributed by atoms with E-state index in [9.17, 15) is 44.3 Å². The molecule has 192 valence electrons. The normalized spacial score (nSPS) is 20.1. The molecule has 0 radical (unpaired) electrons. The SMILES string of the molecule is O=C(O)CC1CCN(Cc2cc(C(F)(F)F)ccc2C(F)(F)F)C(c2ccccc2C(F)(F)F)C1. The van der Waals surface area contributed by atoms with Crippen molar-refractivity contribution in [1.82, 2.24) is 4.90 Å². The molecule has 1 saturated heterocycles. The summed E-state index contributed by atoms with van der Waals surface area (Å²) in [4.78, 5) is 12.4. The Morgan fingerprint density at radius 3 is 2.09 bits per heavy atom. The first kappa shape index (κ1) is 26.8. The lowest BCUT2D eigenvalue weighted by Crippen LogP contribution is -2.38. The van der Waals surface area contributed by atoms with Gasteiger partial charge in [0.05, 0.1) is 16.7 Å². The van der Waals surface area contributed by atoms with Gasteiger partial charge in [0.25, 0.3) is 0 Å². The fraction of sp³-hybridized carbons (Fsp3) is 0.435. The number of carboxylic acids is 1. The summed E-state index contributed by atoms with van der Waals surface area (Å²) in [5.74, 6) is -1.73. The minimum Gasteiger partial charge on any atom is -0.481 e. The van der Waals surface area contributed by atoms with Crippen molar-refractivity contribution in [2.45, 2.75) is 50.4 Å². The van der Waals surface area contributed by atoms with E-state index in [1.165, 1.54) is 11.0 Å². The van der Waals surface area contributed by atoms with Crippen molar-refractivity contribution in [3.63, 3.8) is 0 Å². The summed E-state index contributed by atoms with van der Waals surface area (Å²) in [7, 11) is 0. The Kier molecular flexibility index (Phi) is 7.45. The van der Waals surface area contributed by atoms with Crippen LogP contribution in [0.2, 0.25) is 0 Å². The summed E-state index contributed by atoms with van der Waals surface area (Å²) in [5, 5.41) is 9.12. The fourth-order valence-electron chi connectivity index (χ4n) is 4.47. The summed E-state index contributed by atoms with van der Waals surface area (Å²) in [5.41, 5.74) is -4.66. The van der Waals surface area contributed by atoms with Crippen LogP contribution in [-0.2, 0) is 29.9 Å². The average molecular weight is 513 g/mol. The topological polar surface area (TPSA) is 40.5 Å². The highest BCUT2D eigenvalue weighted by Gasteiger charge is 2.41. The second-order valence-corrected chi connectivity index (χ2v) is 8.43. The lowest BCUT2D eigenvalue weighted by atomic mass is 9.83. The number of rotatable bonds is 5. The van der Waals surface area contributed by atoms with Gasteiger partial charge in [-0.25, -0.2) is 0 Å². The van der Waals surface area contributed by atoms with Crippen LogP contribution in [0.4, 0.5) is 39.5 Å². The van der Waals surface area contributed by atoms with Crippen LogP contribution >= 0.6 is 0 Å². The molecule has 12 heteroatoms. The number of piperidine rings is 1. The number of halogens is 9. The molecule has 2 aromatic carbocycles. The lowest BCUT2D eigenvalue weighted by molar-refractivity contribution is -0.142. The Labute approximate surface area is 194 Å². The van der Waals surface area contributed by atoms with Gasteiger partial charge in [-0.2, -0.15) is 39.5 Å². The zero-order chi connectivity index (χ0) is 26.2. The largest absolute Gasteiger partial charge is 0.481 e. The monoisotopic (exact) mass is 513 g/mol. The number of alkyl halides is 9. The van der Waals surface area contributed by atoms with E-state index in [0.29, 0.717) is 18.2 Å². The van der Waals surface area contributed by atoms with Gasteiger partial charge < -0.3 is 5.11 Å². The van der Waals surface area contributed by atoms with Crippen LogP contribution in [0.3, 0.4) is 0 Å². The molecule has 2 atom stereocenters. The number of carboxylic acid groups (broad SMARTS) is 1. The number of likely N-dealkylation sites (tertiary alicyclic amines) is 1. The van der Waals surface area contributed by atoms with E-state index in [0.717, 1.165) is 18.2 Å². The number of aliphatic carboxylic acids is 1. The predicted octanol–water partition coefficient (Wildman–Crippen LogP) is 7.17. The van der Waals surface area contributed by atoms with Crippen LogP contribution in [0.1, 0.15) is 53.1 Å². The van der Waals surface area contributed by atoms with Crippen molar-refractivity contribution in [2.75, 3.05) is 6.54 Å². The highest BCUT2D eigenvalue weighted by atomic mass is 19.4. The molecule has 0 aromatic heterocycles. The van der Waals surface area contributed by atoms with Gasteiger partial charge in [0.2, 0.25) is 0 Å². The molecule has 1 N–H and O–H groups in total. The fourth-order valence-corrected chi connectivity index (χ4v) is 4.47. The number of benzene rings is 2. The summed E-state index contributed by atoms with van der Waals surface area (Å²) >= 11 is 0. The number of hydrogen-bond donors (Lipinski definition) is 1. The second-order valence-electron chi connectivity index (χ2n) is 8.43. The van der Waals surface area contributed by atoms with Crippen molar-refractivity contribution in [1.29, 1.82) is 0 Å². The molecule has 2 unspecified atom stereocenters. The maximum absolute atomic E-state index is 13.7. The summed E-state index contributed by atoms with van der Waals surface area (Å²) in [6.45, 7) is -0.794. The maximum atomic E-state index is 13.7. The number of nitrogens with zero attached hydrogens (tertiary/aromatic N) is 1. The van der Waals surface area contributed by atoms with Gasteiger partial charge in [-0.15, -0.1) is 0 Å². The molecule has 0 aliphatic carbocycles. The third-order valence-corrected chi connectivity index (χ3v) is 6.02. The molecular formula is C23H20F9NO2. The molecule has 35 heavy (non-hydrogen) atoms. The smallest absolute Gasteiger partial charge is 0.416 e. The van der Waals surface area contributed by atoms with Gasteiger partial charge in [-0.3, -0.25) is 9.69 Å². The highest BCUT2D eigenvalue weighted by Crippen LogP contribution is 2.44. The second kappa shape index (κ2) is 9.71. The third-order valence-electron chi connectivity index (χ3n) is 6.02. The molecular weight excluding hydrogens is 493 g/mol. The van der Waals surface area contributed by atoms with Crippen molar-refractivity contribution in [3.05, 3.63) is 70.3 Å². The van der Waals surface area contributed by atoms with Gasteiger partial charge >= 0.3 is 24.5 Å². The molecule has 1 fully saturated rings. The van der Waals surface area contributed by atoms with E-state index in [1.807, 2.05) is 0 Å². The summed E-state index contributed by atoms with van der Waals surface area (Å²) in [6, 6.07) is 4.24. The zero-order valence-corrected chi connectivity index (χ0v) is 17.9. The van der Waals surface area contributed by atoms with E-state index in [1.54, 1.807) is 0 Å². The van der Waals surface area contributed by atoms with E-state index < -0.39 is 65.3 Å². The molecule has 0 saturated carbocycles. The standard InChI is InChI=1S/C23H20F9NO2/c24-21(25,26)15-5-6-17(22(27,28)29)14(11-15)12-33-8-7-13(10-20(34)35)9-19(33)16-3-1-2-4-18(16)23(30,31)32/h1-6,11,13,19H,7-10,12H2,(H,34,35). The van der Waals surface area contributed by atoms with E-state index in [4.69, 9.17) is 5.11 Å². The molecule has 3 rings (SSSR count). The predicted molar refractivity (Wildman–Crippen MR) is 106 cm³/mol. The quantitative estimate of drug-likeness (QED) is 0.431. The first-order chi connectivity index (χ1) is 16.1. The number of carbonyl (C=O) groups is 1. The zero-order valence-electron chi connectivity index (χ0n) is 17.9. The Hall–Kier alpha value is -2.76. The Morgan fingerprint density at radius 1 is 0.886 bits per heavy atom. The third kappa shape index (κ3) is 6.47. The van der Waals surface area contributed by atoms with Crippen molar-refractivity contribution >= 4 is 5.97 Å². The molecule has 2 aromatic rings. The molecule has 1 aliphatic heterocycles. The average Bonchev–Trinajstić information content (AvgIpc) is 2.72. The lowest BCUT2D eigenvalue weighted by Gasteiger charge is -2.41. The van der Waals surface area contributed by atoms with Gasteiger partial charge in [-0.05, 0) is 60.7 Å². The van der Waals surface area contributed by atoms with Crippen LogP contribution in [0.25, 0.3) is 0 Å². The van der Waals surface area contributed by atoms with Crippen LogP contribution < -0.4 is 0 Å². The van der Waals surface area contributed by atoms with Crippen LogP contribution in [0.5, 0.6) is 0 Å². The molecule has 0 amide bonds. The van der Waals surface area contributed by atoms with E-state index >= 15 is 0 Å². The molecule has 1 heterocycles. The van der Waals surface area contributed by atoms with Gasteiger partial charge in [0, 0.05) is 19.0 Å². The highest BCUT2D eigenvalue weighted by molar-refractivity contribution is 5.67. The maximum Gasteiger partial charge on any atom is 0.416 e. The number of hydrogen-bond acceptors (Lipinski definition) is 2. The molecule has 0 spiro atoms. The van der Waals surface area contributed by atoms with Gasteiger partial charge in [-0.1, -0.05) is 18.2 Å². The van der Waals surface area contributed by atoms with Crippen molar-refractivity contribution in [2.24, 2.45) is 5.92 Å². The Balaban J connectivity index is 2.07. The van der Waals surface area contributed by atoms with Crippen molar-refractivity contribution in [3.8, 4) is 0 Å². The summed E-state index contributed by atoms with van der Waals surface area (Å²) in [6.07, 6.45) is -15.0. The van der Waals surface area contributed by atoms with E-state index in [2.05, 4.69) is 0 Å². The van der Waals surface area contributed by atoms with Crippen molar-refractivity contribution < 1.29 is 49.4 Å². The Morgan fingerprint density at radius 2 is 1.51 bits per heavy atom. The Bertz CT molecular complexity index is 1060. The summed E-state index contributed by atoms with van der Waals surface area (Å²) < 4.78 is 121. The first-order valence-electron chi connectivity index (χ1n) is 10.5.